The molecule has 1 aromatic carbocycles. The molecule has 0 aliphatic rings. The van der Waals surface area contributed by atoms with Crippen molar-refractivity contribution in [3.8, 4) is 0 Å². The van der Waals surface area contributed by atoms with E-state index in [1.54, 1.807) is 0 Å². The summed E-state index contributed by atoms with van der Waals surface area (Å²) in [6.07, 6.45) is 3.99. The van der Waals surface area contributed by atoms with E-state index < -0.39 is 0 Å². The fraction of sp³-hybridized carbons (Fsp3) is 0.353. The fourth-order valence-corrected chi connectivity index (χ4v) is 3.51. The Labute approximate surface area is 143 Å². The van der Waals surface area contributed by atoms with Gasteiger partial charge in [0.05, 0.1) is 11.7 Å². The topological polar surface area (TPSA) is 24.9 Å². The van der Waals surface area contributed by atoms with E-state index in [1.807, 2.05) is 12.3 Å². The highest BCUT2D eigenvalue weighted by molar-refractivity contribution is 9.11. The number of rotatable bonds is 6. The molecule has 0 amide bonds. The van der Waals surface area contributed by atoms with Gasteiger partial charge in [0.2, 0.25) is 0 Å². The molecule has 0 radical (unpaired) electrons. The second-order valence-corrected chi connectivity index (χ2v) is 6.78. The summed E-state index contributed by atoms with van der Waals surface area (Å²) in [5.74, 6) is 0. The summed E-state index contributed by atoms with van der Waals surface area (Å²) in [5, 5.41) is 3.61. The zero-order valence-electron chi connectivity index (χ0n) is 12.4. The first-order chi connectivity index (χ1) is 10.2. The maximum Gasteiger partial charge on any atom is 0.0763 e. The highest BCUT2D eigenvalue weighted by Gasteiger charge is 2.18. The molecule has 0 bridgehead atoms. The van der Waals surface area contributed by atoms with Gasteiger partial charge in [-0.05, 0) is 68.4 Å². The van der Waals surface area contributed by atoms with E-state index in [2.05, 4.69) is 80.3 Å². The van der Waals surface area contributed by atoms with Gasteiger partial charge in [0.15, 0.2) is 0 Å². The lowest BCUT2D eigenvalue weighted by Crippen LogP contribution is -2.24. The maximum atomic E-state index is 4.61. The molecule has 4 heteroatoms. The first-order valence-corrected chi connectivity index (χ1v) is 8.87. The third kappa shape index (κ3) is 4.38. The molecule has 21 heavy (non-hydrogen) atoms. The number of hydrogen-bond acceptors (Lipinski definition) is 2. The van der Waals surface area contributed by atoms with E-state index in [1.165, 1.54) is 11.1 Å². The largest absolute Gasteiger partial charge is 0.305 e. The molecular formula is C17H20Br2N2. The van der Waals surface area contributed by atoms with Crippen molar-refractivity contribution in [3.63, 3.8) is 0 Å². The summed E-state index contributed by atoms with van der Waals surface area (Å²) in [5.41, 5.74) is 3.64. The molecule has 2 rings (SSSR count). The SMILES string of the molecule is CCCNC(c1cccc(CC)c1)c1ncc(Br)cc1Br. The van der Waals surface area contributed by atoms with Crippen molar-refractivity contribution in [1.82, 2.24) is 10.3 Å². The molecule has 0 saturated heterocycles. The van der Waals surface area contributed by atoms with Crippen molar-refractivity contribution in [3.05, 3.63) is 62.3 Å². The van der Waals surface area contributed by atoms with Crippen LogP contribution in [-0.4, -0.2) is 11.5 Å². The molecule has 112 valence electrons. The summed E-state index contributed by atoms with van der Waals surface area (Å²) in [7, 11) is 0. The number of halogens is 2. The first-order valence-electron chi connectivity index (χ1n) is 7.28. The van der Waals surface area contributed by atoms with Crippen LogP contribution in [0, 0.1) is 0 Å². The van der Waals surface area contributed by atoms with Crippen LogP contribution < -0.4 is 5.32 Å². The minimum atomic E-state index is 0.110. The van der Waals surface area contributed by atoms with Crippen molar-refractivity contribution in [2.45, 2.75) is 32.7 Å². The number of nitrogens with one attached hydrogen (secondary N) is 1. The Morgan fingerprint density at radius 2 is 2.00 bits per heavy atom. The van der Waals surface area contributed by atoms with Gasteiger partial charge in [0, 0.05) is 15.1 Å². The van der Waals surface area contributed by atoms with Gasteiger partial charge in [-0.15, -0.1) is 0 Å². The highest BCUT2D eigenvalue weighted by atomic mass is 79.9. The van der Waals surface area contributed by atoms with Crippen LogP contribution in [0.25, 0.3) is 0 Å². The smallest absolute Gasteiger partial charge is 0.0763 e. The first kappa shape index (κ1) is 16.7. The average molecular weight is 412 g/mol. The molecule has 2 nitrogen and oxygen atoms in total. The quantitative estimate of drug-likeness (QED) is 0.701. The monoisotopic (exact) mass is 410 g/mol. The Bertz CT molecular complexity index is 599. The summed E-state index contributed by atoms with van der Waals surface area (Å²) >= 11 is 7.10. The Hall–Kier alpha value is -0.710. The molecule has 1 aromatic heterocycles. The second kappa shape index (κ2) is 8.06. The van der Waals surface area contributed by atoms with E-state index in [-0.39, 0.29) is 6.04 Å². The van der Waals surface area contributed by atoms with Gasteiger partial charge in [0.1, 0.15) is 0 Å². The van der Waals surface area contributed by atoms with Crippen LogP contribution >= 0.6 is 31.9 Å². The number of aryl methyl sites for hydroxylation is 1. The number of pyridine rings is 1. The van der Waals surface area contributed by atoms with E-state index in [4.69, 9.17) is 0 Å². The molecule has 0 fully saturated rings. The predicted octanol–water partition coefficient (Wildman–Crippen LogP) is 5.26. The standard InChI is InChI=1S/C17H20Br2N2/c1-3-8-20-16(13-7-5-6-12(4-2)9-13)17-15(19)10-14(18)11-21-17/h5-7,9-11,16,20H,3-4,8H2,1-2H3. The summed E-state index contributed by atoms with van der Waals surface area (Å²) in [6.45, 7) is 5.32. The fourth-order valence-electron chi connectivity index (χ4n) is 2.29. The summed E-state index contributed by atoms with van der Waals surface area (Å²) in [4.78, 5) is 4.61. The predicted molar refractivity (Wildman–Crippen MR) is 95.6 cm³/mol. The minimum absolute atomic E-state index is 0.110. The van der Waals surface area contributed by atoms with E-state index in [0.717, 1.165) is 34.0 Å². The molecule has 1 N–H and O–H groups in total. The van der Waals surface area contributed by atoms with Crippen molar-refractivity contribution in [2.24, 2.45) is 0 Å². The van der Waals surface area contributed by atoms with E-state index in [0.29, 0.717) is 0 Å². The van der Waals surface area contributed by atoms with E-state index in [9.17, 15) is 0 Å². The maximum absolute atomic E-state index is 4.61. The zero-order valence-corrected chi connectivity index (χ0v) is 15.5. The lowest BCUT2D eigenvalue weighted by atomic mass is 9.99. The molecule has 0 saturated carbocycles. The number of aromatic nitrogens is 1. The van der Waals surface area contributed by atoms with E-state index >= 15 is 0 Å². The molecular weight excluding hydrogens is 392 g/mol. The Kier molecular flexibility index (Phi) is 6.40. The van der Waals surface area contributed by atoms with Crippen molar-refractivity contribution >= 4 is 31.9 Å². The number of nitrogens with zero attached hydrogens (tertiary/aromatic N) is 1. The van der Waals surface area contributed by atoms with Gasteiger partial charge in [0.25, 0.3) is 0 Å². The van der Waals surface area contributed by atoms with Crippen molar-refractivity contribution < 1.29 is 0 Å². The Morgan fingerprint density at radius 1 is 1.19 bits per heavy atom. The minimum Gasteiger partial charge on any atom is -0.305 e. The molecule has 0 spiro atoms. The average Bonchev–Trinajstić information content (AvgIpc) is 2.49. The molecule has 0 aliphatic heterocycles. The van der Waals surface area contributed by atoms with Gasteiger partial charge < -0.3 is 5.32 Å². The summed E-state index contributed by atoms with van der Waals surface area (Å²) in [6, 6.07) is 10.9. The van der Waals surface area contributed by atoms with Crippen LogP contribution in [0.1, 0.15) is 43.1 Å². The molecule has 2 aromatic rings. The van der Waals surface area contributed by atoms with Crippen molar-refractivity contribution in [1.29, 1.82) is 0 Å². The van der Waals surface area contributed by atoms with Gasteiger partial charge in [-0.2, -0.15) is 0 Å². The van der Waals surface area contributed by atoms with Crippen molar-refractivity contribution in [2.75, 3.05) is 6.54 Å². The summed E-state index contributed by atoms with van der Waals surface area (Å²) < 4.78 is 2.00. The normalized spacial score (nSPS) is 12.4. The third-order valence-electron chi connectivity index (χ3n) is 3.40. The van der Waals surface area contributed by atoms with Crippen LogP contribution in [0.3, 0.4) is 0 Å². The van der Waals surface area contributed by atoms with Gasteiger partial charge in [-0.1, -0.05) is 38.1 Å². The van der Waals surface area contributed by atoms with Crippen LogP contribution in [0.4, 0.5) is 0 Å². The molecule has 1 unspecified atom stereocenters. The lowest BCUT2D eigenvalue weighted by Gasteiger charge is -2.20. The van der Waals surface area contributed by atoms with Gasteiger partial charge >= 0.3 is 0 Å². The van der Waals surface area contributed by atoms with Gasteiger partial charge in [-0.25, -0.2) is 0 Å². The molecule has 0 aliphatic carbocycles. The lowest BCUT2D eigenvalue weighted by molar-refractivity contribution is 0.584. The number of hydrogen-bond donors (Lipinski definition) is 1. The molecule has 1 heterocycles. The third-order valence-corrected chi connectivity index (χ3v) is 4.47. The van der Waals surface area contributed by atoms with Crippen LogP contribution in [-0.2, 0) is 6.42 Å². The highest BCUT2D eigenvalue weighted by Crippen LogP contribution is 2.29. The van der Waals surface area contributed by atoms with Crippen LogP contribution in [0.2, 0.25) is 0 Å². The Morgan fingerprint density at radius 3 is 2.67 bits per heavy atom. The number of benzene rings is 1. The van der Waals surface area contributed by atoms with Crippen LogP contribution in [0.5, 0.6) is 0 Å². The zero-order chi connectivity index (χ0) is 15.2. The van der Waals surface area contributed by atoms with Gasteiger partial charge in [-0.3, -0.25) is 4.98 Å². The van der Waals surface area contributed by atoms with Crippen LogP contribution in [0.15, 0.2) is 45.5 Å². The second-order valence-electron chi connectivity index (χ2n) is 5.01. The molecule has 1 atom stereocenters. The Balaban J connectivity index is 2.41.